The Bertz CT molecular complexity index is 655. The summed E-state index contributed by atoms with van der Waals surface area (Å²) in [7, 11) is 1.88. The molecule has 0 spiro atoms. The molecule has 0 aliphatic carbocycles. The highest BCUT2D eigenvalue weighted by Crippen LogP contribution is 2.15. The highest BCUT2D eigenvalue weighted by Gasteiger charge is 2.10. The van der Waals surface area contributed by atoms with E-state index in [1.807, 2.05) is 37.1 Å². The van der Waals surface area contributed by atoms with Crippen molar-refractivity contribution in [1.29, 1.82) is 0 Å². The molecule has 2 aromatic rings. The molecule has 1 N–H and O–H groups in total. The van der Waals surface area contributed by atoms with Gasteiger partial charge in [-0.15, -0.1) is 0 Å². The van der Waals surface area contributed by atoms with Crippen LogP contribution < -0.4 is 0 Å². The Morgan fingerprint density at radius 2 is 1.95 bits per heavy atom. The van der Waals surface area contributed by atoms with Gasteiger partial charge in [0.25, 0.3) is 0 Å². The van der Waals surface area contributed by atoms with Gasteiger partial charge in [0.2, 0.25) is 0 Å². The second-order valence-corrected chi connectivity index (χ2v) is 5.27. The molecule has 0 aliphatic rings. The van der Waals surface area contributed by atoms with Crippen LogP contribution in [0, 0.1) is 12.7 Å². The van der Waals surface area contributed by atoms with Gasteiger partial charge in [0.05, 0.1) is 5.56 Å². The van der Waals surface area contributed by atoms with Crippen LogP contribution in [0.2, 0.25) is 0 Å². The summed E-state index contributed by atoms with van der Waals surface area (Å²) in [4.78, 5) is 12.9. The van der Waals surface area contributed by atoms with Crippen LogP contribution >= 0.6 is 0 Å². The van der Waals surface area contributed by atoms with Gasteiger partial charge in [-0.3, -0.25) is 4.90 Å². The molecule has 110 valence electrons. The zero-order valence-electron chi connectivity index (χ0n) is 12.1. The third-order valence-electron chi connectivity index (χ3n) is 3.27. The first kappa shape index (κ1) is 15.2. The molecule has 4 heteroatoms. The van der Waals surface area contributed by atoms with E-state index in [1.165, 1.54) is 23.8 Å². The van der Waals surface area contributed by atoms with Gasteiger partial charge < -0.3 is 5.11 Å². The third kappa shape index (κ3) is 4.13. The maximum Gasteiger partial charge on any atom is 0.335 e. The lowest BCUT2D eigenvalue weighted by Crippen LogP contribution is -2.18. The van der Waals surface area contributed by atoms with Crippen molar-refractivity contribution in [2.45, 2.75) is 20.0 Å². The lowest BCUT2D eigenvalue weighted by molar-refractivity contribution is 0.0696. The monoisotopic (exact) mass is 287 g/mol. The van der Waals surface area contributed by atoms with Crippen LogP contribution in [-0.2, 0) is 13.1 Å². The Hall–Kier alpha value is -2.20. The number of carboxylic acids is 1. The predicted octanol–water partition coefficient (Wildman–Crippen LogP) is 3.46. The number of carbonyl (C=O) groups is 1. The van der Waals surface area contributed by atoms with Crippen molar-refractivity contribution in [3.8, 4) is 0 Å². The van der Waals surface area contributed by atoms with Gasteiger partial charge in [0.15, 0.2) is 0 Å². The Kier molecular flexibility index (Phi) is 4.70. The van der Waals surface area contributed by atoms with Gasteiger partial charge in [-0.05, 0) is 37.7 Å². The fourth-order valence-corrected chi connectivity index (χ4v) is 2.30. The van der Waals surface area contributed by atoms with Gasteiger partial charge in [0.1, 0.15) is 5.82 Å². The minimum atomic E-state index is -1.04. The molecular weight excluding hydrogens is 269 g/mol. The van der Waals surface area contributed by atoms with Gasteiger partial charge in [0, 0.05) is 18.7 Å². The molecule has 0 fully saturated rings. The van der Waals surface area contributed by atoms with Gasteiger partial charge in [-0.25, -0.2) is 9.18 Å². The molecule has 0 unspecified atom stereocenters. The first-order valence-corrected chi connectivity index (χ1v) is 6.71. The minimum Gasteiger partial charge on any atom is -0.478 e. The lowest BCUT2D eigenvalue weighted by Gasteiger charge is -2.18. The number of aromatic carboxylic acids is 1. The number of nitrogens with zero attached hydrogens (tertiary/aromatic N) is 1. The minimum absolute atomic E-state index is 0.107. The topological polar surface area (TPSA) is 40.5 Å². The average Bonchev–Trinajstić information content (AvgIpc) is 2.41. The fourth-order valence-electron chi connectivity index (χ4n) is 2.30. The summed E-state index contributed by atoms with van der Waals surface area (Å²) in [5, 5.41) is 8.96. The zero-order valence-corrected chi connectivity index (χ0v) is 12.1. The van der Waals surface area contributed by atoms with E-state index in [2.05, 4.69) is 6.07 Å². The summed E-state index contributed by atoms with van der Waals surface area (Å²) in [5.41, 5.74) is 2.83. The fraction of sp³-hybridized carbons (Fsp3) is 0.235. The van der Waals surface area contributed by atoms with E-state index >= 15 is 0 Å². The molecule has 0 aliphatic heterocycles. The number of aryl methyl sites for hydroxylation is 1. The molecule has 0 atom stereocenters. The lowest BCUT2D eigenvalue weighted by atomic mass is 10.1. The molecule has 0 saturated carbocycles. The number of hydrogen-bond acceptors (Lipinski definition) is 2. The molecule has 0 aromatic heterocycles. The number of carboxylic acid groups (broad SMARTS) is 1. The van der Waals surface area contributed by atoms with Crippen LogP contribution in [0.25, 0.3) is 0 Å². The van der Waals surface area contributed by atoms with Crippen LogP contribution in [0.4, 0.5) is 4.39 Å². The molecule has 2 aromatic carbocycles. The quantitative estimate of drug-likeness (QED) is 0.915. The van der Waals surface area contributed by atoms with E-state index in [0.717, 1.165) is 5.56 Å². The maximum absolute atomic E-state index is 13.8. The van der Waals surface area contributed by atoms with Crippen LogP contribution in [0.3, 0.4) is 0 Å². The molecule has 3 nitrogen and oxygen atoms in total. The normalized spacial score (nSPS) is 10.9. The van der Waals surface area contributed by atoms with E-state index in [9.17, 15) is 9.18 Å². The van der Waals surface area contributed by atoms with Crippen LogP contribution in [0.1, 0.15) is 27.0 Å². The van der Waals surface area contributed by atoms with Gasteiger partial charge in [-0.1, -0.05) is 29.8 Å². The largest absolute Gasteiger partial charge is 0.478 e. The van der Waals surface area contributed by atoms with Crippen LogP contribution in [-0.4, -0.2) is 23.0 Å². The Balaban J connectivity index is 2.10. The number of hydrogen-bond donors (Lipinski definition) is 1. The van der Waals surface area contributed by atoms with Crippen molar-refractivity contribution in [3.05, 3.63) is 70.5 Å². The SMILES string of the molecule is Cc1cccc(CN(C)Cc2cc(C(=O)O)ccc2F)c1. The summed E-state index contributed by atoms with van der Waals surface area (Å²) in [6.07, 6.45) is 0. The van der Waals surface area contributed by atoms with Crippen molar-refractivity contribution in [1.82, 2.24) is 4.90 Å². The Morgan fingerprint density at radius 3 is 2.62 bits per heavy atom. The zero-order chi connectivity index (χ0) is 15.4. The molecule has 0 radical (unpaired) electrons. The molecule has 2 rings (SSSR count). The van der Waals surface area contributed by atoms with Crippen molar-refractivity contribution in [3.63, 3.8) is 0 Å². The standard InChI is InChI=1S/C17H18FNO2/c1-12-4-3-5-13(8-12)10-19(2)11-15-9-14(17(20)21)6-7-16(15)18/h3-9H,10-11H2,1-2H3,(H,20,21). The van der Waals surface area contributed by atoms with Crippen molar-refractivity contribution < 1.29 is 14.3 Å². The molecule has 0 bridgehead atoms. The van der Waals surface area contributed by atoms with Crippen LogP contribution in [0.15, 0.2) is 42.5 Å². The van der Waals surface area contributed by atoms with Crippen molar-refractivity contribution in [2.75, 3.05) is 7.05 Å². The molecule has 21 heavy (non-hydrogen) atoms. The first-order valence-electron chi connectivity index (χ1n) is 6.71. The highest BCUT2D eigenvalue weighted by molar-refractivity contribution is 5.87. The van der Waals surface area contributed by atoms with E-state index in [0.29, 0.717) is 18.7 Å². The number of benzene rings is 2. The van der Waals surface area contributed by atoms with E-state index in [1.54, 1.807) is 0 Å². The van der Waals surface area contributed by atoms with Crippen molar-refractivity contribution >= 4 is 5.97 Å². The van der Waals surface area contributed by atoms with Crippen molar-refractivity contribution in [2.24, 2.45) is 0 Å². The highest BCUT2D eigenvalue weighted by atomic mass is 19.1. The van der Waals surface area contributed by atoms with Crippen LogP contribution in [0.5, 0.6) is 0 Å². The maximum atomic E-state index is 13.8. The summed E-state index contributed by atoms with van der Waals surface area (Å²) in [5.74, 6) is -1.42. The van der Waals surface area contributed by atoms with E-state index in [-0.39, 0.29) is 11.4 Å². The van der Waals surface area contributed by atoms with E-state index < -0.39 is 5.97 Å². The van der Waals surface area contributed by atoms with E-state index in [4.69, 9.17) is 5.11 Å². The molecule has 0 saturated heterocycles. The summed E-state index contributed by atoms with van der Waals surface area (Å²) in [6, 6.07) is 12.0. The average molecular weight is 287 g/mol. The molecule has 0 heterocycles. The number of rotatable bonds is 5. The first-order chi connectivity index (χ1) is 9.95. The second-order valence-electron chi connectivity index (χ2n) is 5.27. The summed E-state index contributed by atoms with van der Waals surface area (Å²) < 4.78 is 13.8. The smallest absolute Gasteiger partial charge is 0.335 e. The second kappa shape index (κ2) is 6.50. The molecular formula is C17H18FNO2. The number of halogens is 1. The molecule has 0 amide bonds. The Morgan fingerprint density at radius 1 is 1.19 bits per heavy atom. The van der Waals surface area contributed by atoms with Gasteiger partial charge in [-0.2, -0.15) is 0 Å². The Labute approximate surface area is 123 Å². The summed E-state index contributed by atoms with van der Waals surface area (Å²) >= 11 is 0. The third-order valence-corrected chi connectivity index (χ3v) is 3.27. The summed E-state index contributed by atoms with van der Waals surface area (Å²) in [6.45, 7) is 3.07. The predicted molar refractivity (Wildman–Crippen MR) is 79.7 cm³/mol. The van der Waals surface area contributed by atoms with Gasteiger partial charge >= 0.3 is 5.97 Å².